The molecule has 3 aliphatic rings. The Morgan fingerprint density at radius 2 is 1.94 bits per heavy atom. The van der Waals surface area contributed by atoms with Gasteiger partial charge in [0.1, 0.15) is 11.6 Å². The number of halogens is 1. The molecule has 5 rings (SSSR count). The van der Waals surface area contributed by atoms with Crippen molar-refractivity contribution in [3.05, 3.63) is 42.5 Å². The fourth-order valence-electron chi connectivity index (χ4n) is 6.32. The number of nitrogens with zero attached hydrogens (tertiary/aromatic N) is 1. The molecule has 0 aliphatic carbocycles. The third kappa shape index (κ3) is 3.83. The molecule has 3 fully saturated rings. The lowest BCUT2D eigenvalue weighted by Gasteiger charge is -2.36. The molecule has 3 heterocycles. The summed E-state index contributed by atoms with van der Waals surface area (Å²) >= 11 is 3.67. The highest BCUT2D eigenvalue weighted by atomic mass is 79.9. The van der Waals surface area contributed by atoms with Crippen molar-refractivity contribution in [3.63, 3.8) is 0 Å². The van der Waals surface area contributed by atoms with E-state index >= 15 is 0 Å². The van der Waals surface area contributed by atoms with Crippen molar-refractivity contribution < 1.29 is 24.2 Å². The number of hydrogen-bond donors (Lipinski definition) is 3. The Morgan fingerprint density at radius 1 is 1.19 bits per heavy atom. The fraction of sp³-hybridized carbons (Fsp3) is 0.519. The molecule has 8 nitrogen and oxygen atoms in total. The van der Waals surface area contributed by atoms with Crippen LogP contribution in [0.5, 0.6) is 0 Å². The van der Waals surface area contributed by atoms with Gasteiger partial charge in [-0.2, -0.15) is 0 Å². The minimum atomic E-state index is -1.15. The molecule has 9 heteroatoms. The highest BCUT2D eigenvalue weighted by molar-refractivity contribution is 9.09. The Balaban J connectivity index is 1.53. The number of likely N-dealkylation sites (tertiary alicyclic amines) is 1. The molecule has 3 saturated heterocycles. The standard InChI is InChI=1S/C27H32BrN3O5/c1-3-11-29-24(33)20-21-26(35)31(18(4-2)14-32)23(27(21)13-19(28)22(20)36-27)25(34)30-17-10-9-15-7-5-6-8-16(15)12-17/h5-10,12,18-23,32H,3-4,11,13-14H2,1-2H3,(H,29,33)(H,30,34)/t18-,19?,20-,21-,22-,23?,27?/m0/s1. The second-order valence-corrected chi connectivity index (χ2v) is 11.2. The van der Waals surface area contributed by atoms with Gasteiger partial charge < -0.3 is 25.4 Å². The number of aliphatic hydroxyl groups excluding tert-OH is 1. The summed E-state index contributed by atoms with van der Waals surface area (Å²) in [5, 5.41) is 18.1. The first-order valence-corrected chi connectivity index (χ1v) is 13.6. The number of hydrogen-bond acceptors (Lipinski definition) is 5. The molecule has 0 aromatic heterocycles. The zero-order valence-corrected chi connectivity index (χ0v) is 22.0. The number of carbonyl (C=O) groups is 3. The van der Waals surface area contributed by atoms with E-state index in [0.717, 1.165) is 17.2 Å². The first-order valence-electron chi connectivity index (χ1n) is 12.7. The molecule has 0 radical (unpaired) electrons. The summed E-state index contributed by atoms with van der Waals surface area (Å²) in [4.78, 5) is 42.4. The number of rotatable bonds is 8. The summed E-state index contributed by atoms with van der Waals surface area (Å²) in [5.74, 6) is -2.37. The van der Waals surface area contributed by atoms with Crippen molar-refractivity contribution in [2.24, 2.45) is 11.8 Å². The largest absolute Gasteiger partial charge is 0.394 e. The molecule has 1 spiro atoms. The third-order valence-corrected chi connectivity index (χ3v) is 8.76. The van der Waals surface area contributed by atoms with Crippen LogP contribution in [0.3, 0.4) is 0 Å². The third-order valence-electron chi connectivity index (χ3n) is 7.92. The summed E-state index contributed by atoms with van der Waals surface area (Å²) in [6.45, 7) is 4.07. The first-order chi connectivity index (χ1) is 17.4. The minimum Gasteiger partial charge on any atom is -0.394 e. The van der Waals surface area contributed by atoms with Crippen molar-refractivity contribution in [1.29, 1.82) is 0 Å². The lowest BCUT2D eigenvalue weighted by atomic mass is 9.70. The van der Waals surface area contributed by atoms with Crippen LogP contribution in [-0.2, 0) is 19.1 Å². The molecule has 192 valence electrons. The number of ether oxygens (including phenoxy) is 1. The van der Waals surface area contributed by atoms with Crippen LogP contribution in [-0.4, -0.2) is 69.5 Å². The number of alkyl halides is 1. The molecule has 3 amide bonds. The molecule has 2 aromatic rings. The van der Waals surface area contributed by atoms with Gasteiger partial charge in [0.25, 0.3) is 0 Å². The lowest BCUT2D eigenvalue weighted by molar-refractivity contribution is -0.144. The number of fused-ring (bicyclic) bond motifs is 2. The Labute approximate surface area is 218 Å². The number of anilines is 1. The van der Waals surface area contributed by atoms with Crippen LogP contribution in [0.4, 0.5) is 5.69 Å². The number of nitrogens with one attached hydrogen (secondary N) is 2. The molecule has 3 N–H and O–H groups in total. The van der Waals surface area contributed by atoms with Gasteiger partial charge >= 0.3 is 0 Å². The van der Waals surface area contributed by atoms with E-state index in [0.29, 0.717) is 25.1 Å². The molecule has 36 heavy (non-hydrogen) atoms. The normalized spacial score (nSPS) is 31.5. The Hall–Kier alpha value is -2.49. The Kier molecular flexibility index (Phi) is 6.82. The number of benzene rings is 2. The smallest absolute Gasteiger partial charge is 0.250 e. The van der Waals surface area contributed by atoms with Crippen LogP contribution in [0.1, 0.15) is 33.1 Å². The van der Waals surface area contributed by atoms with Crippen molar-refractivity contribution in [2.45, 2.75) is 61.7 Å². The van der Waals surface area contributed by atoms with E-state index in [9.17, 15) is 19.5 Å². The highest BCUT2D eigenvalue weighted by Gasteiger charge is 2.76. The topological polar surface area (TPSA) is 108 Å². The summed E-state index contributed by atoms with van der Waals surface area (Å²) in [5.41, 5.74) is -0.531. The molecule has 7 atom stereocenters. The predicted molar refractivity (Wildman–Crippen MR) is 140 cm³/mol. The van der Waals surface area contributed by atoms with E-state index in [4.69, 9.17) is 4.74 Å². The van der Waals surface area contributed by atoms with E-state index in [1.807, 2.05) is 56.3 Å². The molecular weight excluding hydrogens is 526 g/mol. The van der Waals surface area contributed by atoms with Crippen LogP contribution in [0, 0.1) is 11.8 Å². The van der Waals surface area contributed by atoms with Gasteiger partial charge in [-0.1, -0.05) is 60.1 Å². The monoisotopic (exact) mass is 557 g/mol. The molecule has 2 aromatic carbocycles. The van der Waals surface area contributed by atoms with E-state index in [-0.39, 0.29) is 29.2 Å². The van der Waals surface area contributed by atoms with Gasteiger partial charge in [-0.25, -0.2) is 0 Å². The van der Waals surface area contributed by atoms with Gasteiger partial charge in [0.2, 0.25) is 17.7 Å². The minimum absolute atomic E-state index is 0.163. The van der Waals surface area contributed by atoms with E-state index in [1.54, 1.807) is 0 Å². The second kappa shape index (κ2) is 9.76. The molecular formula is C27H32BrN3O5. The van der Waals surface area contributed by atoms with Crippen LogP contribution in [0.2, 0.25) is 0 Å². The average molecular weight is 558 g/mol. The lowest BCUT2D eigenvalue weighted by Crippen LogP contribution is -2.56. The van der Waals surface area contributed by atoms with Gasteiger partial charge in [-0.15, -0.1) is 0 Å². The summed E-state index contributed by atoms with van der Waals surface area (Å²) in [6.07, 6.45) is 1.18. The number of aliphatic hydroxyl groups is 1. The van der Waals surface area contributed by atoms with Gasteiger partial charge in [-0.05, 0) is 42.2 Å². The SMILES string of the molecule is CCCNC(=O)[C@H]1[C@H]2C(=O)N([C@@H](CC)CO)C(C(=O)Nc3ccc4ccccc4c3)C23CC(Br)[C@@H]1O3. The summed E-state index contributed by atoms with van der Waals surface area (Å²) in [7, 11) is 0. The average Bonchev–Trinajstić information content (AvgIpc) is 3.47. The van der Waals surface area contributed by atoms with Crippen LogP contribution >= 0.6 is 15.9 Å². The summed E-state index contributed by atoms with van der Waals surface area (Å²) in [6, 6.07) is 12.0. The van der Waals surface area contributed by atoms with E-state index in [1.165, 1.54) is 4.90 Å². The van der Waals surface area contributed by atoms with Crippen LogP contribution in [0.15, 0.2) is 42.5 Å². The number of amides is 3. The molecule has 2 bridgehead atoms. The second-order valence-electron chi connectivity index (χ2n) is 10.00. The summed E-state index contributed by atoms with van der Waals surface area (Å²) < 4.78 is 6.48. The van der Waals surface area contributed by atoms with Crippen LogP contribution < -0.4 is 10.6 Å². The maximum atomic E-state index is 13.9. The first kappa shape index (κ1) is 25.2. The van der Waals surface area contributed by atoms with Gasteiger partial charge in [0.15, 0.2) is 0 Å². The van der Waals surface area contributed by atoms with Crippen molar-refractivity contribution >= 4 is 50.1 Å². The van der Waals surface area contributed by atoms with E-state index in [2.05, 4.69) is 26.6 Å². The predicted octanol–water partition coefficient (Wildman–Crippen LogP) is 2.82. The van der Waals surface area contributed by atoms with Crippen molar-refractivity contribution in [3.8, 4) is 0 Å². The maximum absolute atomic E-state index is 13.9. The quantitative estimate of drug-likeness (QED) is 0.432. The Morgan fingerprint density at radius 3 is 2.64 bits per heavy atom. The maximum Gasteiger partial charge on any atom is 0.250 e. The van der Waals surface area contributed by atoms with Crippen molar-refractivity contribution in [2.75, 3.05) is 18.5 Å². The Bertz CT molecular complexity index is 1190. The van der Waals surface area contributed by atoms with Gasteiger partial charge in [0.05, 0.1) is 30.6 Å². The van der Waals surface area contributed by atoms with Crippen LogP contribution in [0.25, 0.3) is 10.8 Å². The zero-order chi connectivity index (χ0) is 25.6. The van der Waals surface area contributed by atoms with Gasteiger partial charge in [-0.3, -0.25) is 14.4 Å². The number of carbonyl (C=O) groups excluding carboxylic acids is 3. The molecule has 3 unspecified atom stereocenters. The zero-order valence-electron chi connectivity index (χ0n) is 20.4. The van der Waals surface area contributed by atoms with E-state index < -0.39 is 35.6 Å². The molecule has 3 aliphatic heterocycles. The highest BCUT2D eigenvalue weighted by Crippen LogP contribution is 2.60. The fourth-order valence-corrected chi connectivity index (χ4v) is 7.26. The van der Waals surface area contributed by atoms with Crippen molar-refractivity contribution in [1.82, 2.24) is 10.2 Å². The molecule has 0 saturated carbocycles. The van der Waals surface area contributed by atoms with Gasteiger partial charge in [0, 0.05) is 17.1 Å².